The molecular formula is C14H12F2N2O. The highest BCUT2D eigenvalue weighted by atomic mass is 19.1. The fourth-order valence-electron chi connectivity index (χ4n) is 1.61. The Hall–Kier alpha value is -2.43. The van der Waals surface area contributed by atoms with Crippen molar-refractivity contribution in [3.05, 3.63) is 65.2 Å². The number of nitrogens with two attached hydrogens (primary N) is 1. The van der Waals surface area contributed by atoms with E-state index in [2.05, 4.69) is 5.10 Å². The maximum absolute atomic E-state index is 13.2. The zero-order chi connectivity index (χ0) is 13.7. The number of hydrazone groups is 1. The predicted molar refractivity (Wildman–Crippen MR) is 68.9 cm³/mol. The highest BCUT2D eigenvalue weighted by Gasteiger charge is 2.05. The van der Waals surface area contributed by atoms with Gasteiger partial charge in [0, 0.05) is 11.6 Å². The van der Waals surface area contributed by atoms with E-state index in [0.717, 1.165) is 0 Å². The van der Waals surface area contributed by atoms with E-state index in [1.54, 1.807) is 12.1 Å². The molecular weight excluding hydrogens is 250 g/mol. The van der Waals surface area contributed by atoms with Gasteiger partial charge in [-0.2, -0.15) is 5.10 Å². The number of nitrogens with zero attached hydrogens (tertiary/aromatic N) is 1. The minimum atomic E-state index is -0.427. The fourth-order valence-corrected chi connectivity index (χ4v) is 1.61. The van der Waals surface area contributed by atoms with Crippen LogP contribution >= 0.6 is 0 Å². The van der Waals surface area contributed by atoms with Crippen molar-refractivity contribution in [1.82, 2.24) is 0 Å². The molecule has 2 aromatic carbocycles. The van der Waals surface area contributed by atoms with Crippen molar-refractivity contribution < 1.29 is 13.5 Å². The van der Waals surface area contributed by atoms with Crippen molar-refractivity contribution in [2.75, 3.05) is 0 Å². The summed E-state index contributed by atoms with van der Waals surface area (Å²) < 4.78 is 31.6. The molecule has 3 nitrogen and oxygen atoms in total. The topological polar surface area (TPSA) is 47.6 Å². The molecule has 0 atom stereocenters. The van der Waals surface area contributed by atoms with Gasteiger partial charge in [0.15, 0.2) is 0 Å². The normalized spacial score (nSPS) is 10.8. The van der Waals surface area contributed by atoms with E-state index in [0.29, 0.717) is 16.9 Å². The van der Waals surface area contributed by atoms with E-state index in [1.165, 1.54) is 36.5 Å². The molecule has 98 valence electrons. The number of rotatable bonds is 4. The lowest BCUT2D eigenvalue weighted by Gasteiger charge is -2.09. The van der Waals surface area contributed by atoms with Crippen molar-refractivity contribution in [3.63, 3.8) is 0 Å². The van der Waals surface area contributed by atoms with Crippen LogP contribution in [0.5, 0.6) is 5.75 Å². The van der Waals surface area contributed by atoms with Gasteiger partial charge in [0.1, 0.15) is 24.0 Å². The van der Waals surface area contributed by atoms with Crippen LogP contribution in [0.4, 0.5) is 8.78 Å². The SMILES string of the molecule is NN=Cc1ccc(F)cc1OCc1cccc(F)c1. The standard InChI is InChI=1S/C14H12F2N2O/c15-12-3-1-2-10(6-12)9-19-14-7-13(16)5-4-11(14)8-18-17/h1-8H,9,17H2. The third-order valence-corrected chi connectivity index (χ3v) is 2.47. The van der Waals surface area contributed by atoms with Crippen LogP contribution in [0.2, 0.25) is 0 Å². The summed E-state index contributed by atoms with van der Waals surface area (Å²) in [7, 11) is 0. The largest absolute Gasteiger partial charge is 0.488 e. The number of halogens is 2. The molecule has 0 amide bonds. The highest BCUT2D eigenvalue weighted by molar-refractivity contribution is 5.83. The van der Waals surface area contributed by atoms with E-state index in [-0.39, 0.29) is 12.4 Å². The molecule has 0 aromatic heterocycles. The molecule has 2 aromatic rings. The van der Waals surface area contributed by atoms with Crippen molar-refractivity contribution in [2.45, 2.75) is 6.61 Å². The Morgan fingerprint density at radius 2 is 1.89 bits per heavy atom. The molecule has 0 saturated heterocycles. The van der Waals surface area contributed by atoms with Crippen LogP contribution in [-0.2, 0) is 6.61 Å². The lowest BCUT2D eigenvalue weighted by molar-refractivity contribution is 0.303. The van der Waals surface area contributed by atoms with Gasteiger partial charge in [0.2, 0.25) is 0 Å². The lowest BCUT2D eigenvalue weighted by atomic mass is 10.2. The Labute approximate surface area is 109 Å². The maximum atomic E-state index is 13.2. The zero-order valence-electron chi connectivity index (χ0n) is 10.0. The fraction of sp³-hybridized carbons (Fsp3) is 0.0714. The Morgan fingerprint density at radius 1 is 1.11 bits per heavy atom. The van der Waals surface area contributed by atoms with E-state index >= 15 is 0 Å². The van der Waals surface area contributed by atoms with Gasteiger partial charge in [-0.15, -0.1) is 0 Å². The summed E-state index contributed by atoms with van der Waals surface area (Å²) in [5.74, 6) is 4.60. The van der Waals surface area contributed by atoms with Gasteiger partial charge in [0.05, 0.1) is 6.21 Å². The van der Waals surface area contributed by atoms with Crippen LogP contribution in [-0.4, -0.2) is 6.21 Å². The molecule has 2 rings (SSSR count). The second-order valence-electron chi connectivity index (χ2n) is 3.88. The smallest absolute Gasteiger partial charge is 0.131 e. The minimum absolute atomic E-state index is 0.132. The van der Waals surface area contributed by atoms with Crippen LogP contribution in [0.15, 0.2) is 47.6 Å². The van der Waals surface area contributed by atoms with Crippen molar-refractivity contribution in [2.24, 2.45) is 10.9 Å². The van der Waals surface area contributed by atoms with Gasteiger partial charge in [-0.05, 0) is 29.8 Å². The van der Waals surface area contributed by atoms with Gasteiger partial charge in [0.25, 0.3) is 0 Å². The molecule has 2 N–H and O–H groups in total. The molecule has 5 heteroatoms. The zero-order valence-corrected chi connectivity index (χ0v) is 10.0. The van der Waals surface area contributed by atoms with E-state index in [4.69, 9.17) is 10.6 Å². The summed E-state index contributed by atoms with van der Waals surface area (Å²) >= 11 is 0. The molecule has 0 bridgehead atoms. The number of benzene rings is 2. The first-order valence-corrected chi connectivity index (χ1v) is 5.59. The Bertz CT molecular complexity index is 600. The van der Waals surface area contributed by atoms with Crippen LogP contribution in [0.25, 0.3) is 0 Å². The van der Waals surface area contributed by atoms with E-state index in [9.17, 15) is 8.78 Å². The maximum Gasteiger partial charge on any atom is 0.131 e. The van der Waals surface area contributed by atoms with Crippen molar-refractivity contribution in [3.8, 4) is 5.75 Å². The molecule has 0 saturated carbocycles. The van der Waals surface area contributed by atoms with Crippen molar-refractivity contribution >= 4 is 6.21 Å². The van der Waals surface area contributed by atoms with Crippen LogP contribution in [0, 0.1) is 11.6 Å². The molecule has 0 radical (unpaired) electrons. The second-order valence-corrected chi connectivity index (χ2v) is 3.88. The molecule has 0 aliphatic rings. The molecule has 0 aliphatic heterocycles. The number of ether oxygens (including phenoxy) is 1. The van der Waals surface area contributed by atoms with Crippen molar-refractivity contribution in [1.29, 1.82) is 0 Å². The number of hydrogen-bond acceptors (Lipinski definition) is 3. The van der Waals surface area contributed by atoms with Crippen LogP contribution < -0.4 is 10.6 Å². The van der Waals surface area contributed by atoms with Gasteiger partial charge in [-0.1, -0.05) is 12.1 Å². The van der Waals surface area contributed by atoms with Crippen LogP contribution in [0.3, 0.4) is 0 Å². The second kappa shape index (κ2) is 5.95. The average Bonchev–Trinajstić information content (AvgIpc) is 2.39. The summed E-state index contributed by atoms with van der Waals surface area (Å²) in [6.45, 7) is 0.132. The minimum Gasteiger partial charge on any atom is -0.488 e. The highest BCUT2D eigenvalue weighted by Crippen LogP contribution is 2.20. The average molecular weight is 262 g/mol. The lowest BCUT2D eigenvalue weighted by Crippen LogP contribution is -2.00. The molecule has 0 heterocycles. The molecule has 0 aliphatic carbocycles. The monoisotopic (exact) mass is 262 g/mol. The third-order valence-electron chi connectivity index (χ3n) is 2.47. The van der Waals surface area contributed by atoms with E-state index in [1.807, 2.05) is 0 Å². The number of hydrogen-bond donors (Lipinski definition) is 1. The summed E-state index contributed by atoms with van der Waals surface area (Å²) in [5.41, 5.74) is 1.21. The van der Waals surface area contributed by atoms with Gasteiger partial charge < -0.3 is 10.6 Å². The molecule has 0 spiro atoms. The predicted octanol–water partition coefficient (Wildman–Crippen LogP) is 2.84. The molecule has 19 heavy (non-hydrogen) atoms. The van der Waals surface area contributed by atoms with E-state index < -0.39 is 5.82 Å². The summed E-state index contributed by atoms with van der Waals surface area (Å²) in [5, 5.41) is 3.38. The van der Waals surface area contributed by atoms with Gasteiger partial charge in [-0.3, -0.25) is 0 Å². The van der Waals surface area contributed by atoms with Gasteiger partial charge in [-0.25, -0.2) is 8.78 Å². The Kier molecular flexibility index (Phi) is 4.07. The first-order valence-electron chi connectivity index (χ1n) is 5.59. The van der Waals surface area contributed by atoms with Gasteiger partial charge >= 0.3 is 0 Å². The molecule has 0 unspecified atom stereocenters. The Balaban J connectivity index is 2.16. The third kappa shape index (κ3) is 3.51. The summed E-state index contributed by atoms with van der Waals surface area (Å²) in [6, 6.07) is 10.0. The first kappa shape index (κ1) is 13.0. The Morgan fingerprint density at radius 3 is 2.63 bits per heavy atom. The first-order chi connectivity index (χ1) is 9.19. The molecule has 0 fully saturated rings. The summed E-state index contributed by atoms with van der Waals surface area (Å²) in [4.78, 5) is 0. The summed E-state index contributed by atoms with van der Waals surface area (Å²) in [6.07, 6.45) is 1.36. The quantitative estimate of drug-likeness (QED) is 0.523. The van der Waals surface area contributed by atoms with Crippen LogP contribution in [0.1, 0.15) is 11.1 Å².